The van der Waals surface area contributed by atoms with Gasteiger partial charge in [-0.05, 0) is 60.0 Å². The quantitative estimate of drug-likeness (QED) is 0.514. The number of hydrogen-bond acceptors (Lipinski definition) is 4. The van der Waals surface area contributed by atoms with E-state index in [1.54, 1.807) is 12.1 Å². The third kappa shape index (κ3) is 2.99. The molecule has 0 radical (unpaired) electrons. The van der Waals surface area contributed by atoms with E-state index in [-0.39, 0.29) is 28.0 Å². The molecule has 5 nitrogen and oxygen atoms in total. The molecule has 1 N–H and O–H groups in total. The van der Waals surface area contributed by atoms with Crippen LogP contribution in [-0.4, -0.2) is 11.0 Å². The average Bonchev–Trinajstić information content (AvgIpc) is 3.07. The average molecular weight is 415 g/mol. The molecule has 1 unspecified atom stereocenters. The van der Waals surface area contributed by atoms with Crippen molar-refractivity contribution in [3.63, 3.8) is 0 Å². The standard InChI is InChI=1S/C25H18FNO4/c1-2-14-3-8-17(9-4-14)27-22(15-5-10-18(28)11-6-15)21-23(29)19-13-16(26)7-12-20(19)31-24(21)25(27)30/h3-13,22,28H,2H2,1H3. The highest BCUT2D eigenvalue weighted by molar-refractivity contribution is 6.10. The van der Waals surface area contributed by atoms with Crippen LogP contribution in [0.15, 0.2) is 75.9 Å². The molecule has 4 aromatic rings. The zero-order chi connectivity index (χ0) is 21.7. The number of fused-ring (bicyclic) bond motifs is 2. The number of phenolic OH excluding ortho intramolecular Hbond substituents is 1. The number of carbonyl (C=O) groups is 1. The molecule has 0 saturated heterocycles. The largest absolute Gasteiger partial charge is 0.508 e. The summed E-state index contributed by atoms with van der Waals surface area (Å²) in [5, 5.41) is 9.79. The third-order valence-electron chi connectivity index (χ3n) is 5.66. The van der Waals surface area contributed by atoms with Crippen molar-refractivity contribution >= 4 is 22.6 Å². The molecule has 0 saturated carbocycles. The van der Waals surface area contributed by atoms with Gasteiger partial charge in [0.2, 0.25) is 5.76 Å². The normalized spacial score (nSPS) is 15.5. The number of benzene rings is 3. The Bertz CT molecular complexity index is 1370. The van der Waals surface area contributed by atoms with Crippen molar-refractivity contribution in [2.75, 3.05) is 4.90 Å². The van der Waals surface area contributed by atoms with Gasteiger partial charge in [0.25, 0.3) is 5.91 Å². The Kier molecular flexibility index (Phi) is 4.36. The zero-order valence-corrected chi connectivity index (χ0v) is 16.6. The predicted molar refractivity (Wildman–Crippen MR) is 115 cm³/mol. The van der Waals surface area contributed by atoms with Gasteiger partial charge in [0.05, 0.1) is 17.0 Å². The number of hydrogen-bond donors (Lipinski definition) is 1. The van der Waals surface area contributed by atoms with E-state index < -0.39 is 23.2 Å². The lowest BCUT2D eigenvalue weighted by molar-refractivity contribution is 0.0971. The van der Waals surface area contributed by atoms with Crippen molar-refractivity contribution in [3.05, 3.63) is 105 Å². The SMILES string of the molecule is CCc1ccc(N2C(=O)c3oc4ccc(F)cc4c(=O)c3C2c2ccc(O)cc2)cc1. The molecular formula is C25H18FNO4. The lowest BCUT2D eigenvalue weighted by Crippen LogP contribution is -2.29. The van der Waals surface area contributed by atoms with Crippen LogP contribution in [0.25, 0.3) is 11.0 Å². The minimum absolute atomic E-state index is 0.0539. The first-order chi connectivity index (χ1) is 15.0. The Labute approximate surface area is 177 Å². The summed E-state index contributed by atoms with van der Waals surface area (Å²) in [5.41, 5.74) is 2.23. The first kappa shape index (κ1) is 19.1. The lowest BCUT2D eigenvalue weighted by atomic mass is 9.98. The third-order valence-corrected chi connectivity index (χ3v) is 5.66. The second-order valence-corrected chi connectivity index (χ2v) is 7.50. The summed E-state index contributed by atoms with van der Waals surface area (Å²) >= 11 is 0. The number of halogens is 1. The van der Waals surface area contributed by atoms with Crippen LogP contribution < -0.4 is 10.3 Å². The number of carbonyl (C=O) groups excluding carboxylic acids is 1. The van der Waals surface area contributed by atoms with Crippen LogP contribution in [0.2, 0.25) is 0 Å². The molecule has 1 amide bonds. The zero-order valence-electron chi connectivity index (χ0n) is 16.6. The monoisotopic (exact) mass is 415 g/mol. The van der Waals surface area contributed by atoms with Crippen LogP contribution in [0, 0.1) is 5.82 Å². The van der Waals surface area contributed by atoms with Gasteiger partial charge in [0, 0.05) is 5.69 Å². The first-order valence-corrected chi connectivity index (χ1v) is 9.95. The number of rotatable bonds is 3. The van der Waals surface area contributed by atoms with Gasteiger partial charge in [-0.15, -0.1) is 0 Å². The van der Waals surface area contributed by atoms with Crippen molar-refractivity contribution in [1.82, 2.24) is 0 Å². The first-order valence-electron chi connectivity index (χ1n) is 9.95. The molecule has 1 aromatic heterocycles. The van der Waals surface area contributed by atoms with E-state index in [1.165, 1.54) is 29.2 Å². The van der Waals surface area contributed by atoms with Crippen LogP contribution in [0.3, 0.4) is 0 Å². The van der Waals surface area contributed by atoms with Gasteiger partial charge < -0.3 is 9.52 Å². The summed E-state index contributed by atoms with van der Waals surface area (Å²) in [7, 11) is 0. The van der Waals surface area contributed by atoms with E-state index in [1.807, 2.05) is 31.2 Å². The molecule has 1 aliphatic rings. The molecule has 3 aromatic carbocycles. The van der Waals surface area contributed by atoms with Crippen molar-refractivity contribution in [2.24, 2.45) is 0 Å². The van der Waals surface area contributed by atoms with Gasteiger partial charge in [0.1, 0.15) is 17.1 Å². The molecule has 31 heavy (non-hydrogen) atoms. The lowest BCUT2D eigenvalue weighted by Gasteiger charge is -2.25. The molecule has 1 aliphatic heterocycles. The Morgan fingerprint density at radius 1 is 1.00 bits per heavy atom. The van der Waals surface area contributed by atoms with Gasteiger partial charge in [0.15, 0.2) is 5.43 Å². The van der Waals surface area contributed by atoms with Gasteiger partial charge in [-0.1, -0.05) is 31.2 Å². The summed E-state index contributed by atoms with van der Waals surface area (Å²) in [6.45, 7) is 2.04. The molecule has 154 valence electrons. The molecule has 2 heterocycles. The number of aromatic hydroxyl groups is 1. The van der Waals surface area contributed by atoms with E-state index in [4.69, 9.17) is 4.42 Å². The van der Waals surface area contributed by atoms with Crippen LogP contribution >= 0.6 is 0 Å². The second-order valence-electron chi connectivity index (χ2n) is 7.50. The number of nitrogens with zero attached hydrogens (tertiary/aromatic N) is 1. The van der Waals surface area contributed by atoms with Gasteiger partial charge in [-0.3, -0.25) is 14.5 Å². The summed E-state index contributed by atoms with van der Waals surface area (Å²) in [4.78, 5) is 28.3. The van der Waals surface area contributed by atoms with E-state index in [9.17, 15) is 19.1 Å². The van der Waals surface area contributed by atoms with E-state index >= 15 is 0 Å². The summed E-state index contributed by atoms with van der Waals surface area (Å²) in [6, 6.07) is 16.7. The molecule has 1 atom stereocenters. The highest BCUT2D eigenvalue weighted by Crippen LogP contribution is 2.41. The Balaban J connectivity index is 1.78. The van der Waals surface area contributed by atoms with Gasteiger partial charge in [-0.2, -0.15) is 0 Å². The number of amides is 1. The summed E-state index contributed by atoms with van der Waals surface area (Å²) in [5.74, 6) is -0.987. The summed E-state index contributed by atoms with van der Waals surface area (Å²) < 4.78 is 19.7. The minimum Gasteiger partial charge on any atom is -0.508 e. The highest BCUT2D eigenvalue weighted by Gasteiger charge is 2.43. The molecule has 0 aliphatic carbocycles. The molecule has 0 spiro atoms. The van der Waals surface area contributed by atoms with Crippen LogP contribution in [-0.2, 0) is 6.42 Å². The minimum atomic E-state index is -0.764. The predicted octanol–water partition coefficient (Wildman–Crippen LogP) is 4.95. The molecular weight excluding hydrogens is 397 g/mol. The number of anilines is 1. The van der Waals surface area contributed by atoms with Crippen molar-refractivity contribution in [1.29, 1.82) is 0 Å². The maximum Gasteiger partial charge on any atom is 0.295 e. The van der Waals surface area contributed by atoms with Crippen molar-refractivity contribution < 1.29 is 18.7 Å². The smallest absolute Gasteiger partial charge is 0.295 e. The fraction of sp³-hybridized carbons (Fsp3) is 0.120. The maximum atomic E-state index is 13.8. The number of aryl methyl sites for hydroxylation is 1. The highest BCUT2D eigenvalue weighted by atomic mass is 19.1. The summed E-state index contributed by atoms with van der Waals surface area (Å²) in [6.07, 6.45) is 0.854. The molecule has 0 bridgehead atoms. The van der Waals surface area contributed by atoms with Crippen LogP contribution in [0.1, 0.15) is 40.2 Å². The maximum absolute atomic E-state index is 13.8. The van der Waals surface area contributed by atoms with Crippen LogP contribution in [0.5, 0.6) is 5.75 Å². The van der Waals surface area contributed by atoms with E-state index in [2.05, 4.69) is 0 Å². The Morgan fingerprint density at radius 3 is 2.39 bits per heavy atom. The fourth-order valence-electron chi connectivity index (χ4n) is 4.08. The van der Waals surface area contributed by atoms with Gasteiger partial charge in [-0.25, -0.2) is 4.39 Å². The Hall–Kier alpha value is -3.93. The topological polar surface area (TPSA) is 70.8 Å². The van der Waals surface area contributed by atoms with Crippen molar-refractivity contribution in [2.45, 2.75) is 19.4 Å². The number of phenols is 1. The fourth-order valence-corrected chi connectivity index (χ4v) is 4.08. The molecule has 0 fully saturated rings. The molecule has 5 rings (SSSR count). The van der Waals surface area contributed by atoms with Crippen LogP contribution in [0.4, 0.5) is 10.1 Å². The van der Waals surface area contributed by atoms with E-state index in [0.29, 0.717) is 11.3 Å². The van der Waals surface area contributed by atoms with E-state index in [0.717, 1.165) is 18.1 Å². The van der Waals surface area contributed by atoms with Gasteiger partial charge >= 0.3 is 0 Å². The molecule has 6 heteroatoms. The van der Waals surface area contributed by atoms with Crippen molar-refractivity contribution in [3.8, 4) is 5.75 Å². The Morgan fingerprint density at radius 2 is 1.71 bits per heavy atom. The second kappa shape index (κ2) is 7.09.